The number of hydrogen-bond donors (Lipinski definition) is 0. The van der Waals surface area contributed by atoms with Gasteiger partial charge in [-0.25, -0.2) is 9.79 Å². The van der Waals surface area contributed by atoms with Crippen LogP contribution < -0.4 is 4.90 Å². The van der Waals surface area contributed by atoms with Crippen LogP contribution in [0.1, 0.15) is 51.7 Å². The fourth-order valence-corrected chi connectivity index (χ4v) is 4.55. The highest BCUT2D eigenvalue weighted by molar-refractivity contribution is 6.13. The van der Waals surface area contributed by atoms with Gasteiger partial charge in [0.15, 0.2) is 0 Å². The van der Waals surface area contributed by atoms with Crippen LogP contribution in [0.4, 0.5) is 10.5 Å². The van der Waals surface area contributed by atoms with E-state index in [-0.39, 0.29) is 18.1 Å². The molecule has 1 aromatic carbocycles. The Balaban J connectivity index is 1.42. The number of aliphatic imine (C=N–C) groups is 2. The minimum Gasteiger partial charge on any atom is -0.444 e. The van der Waals surface area contributed by atoms with Crippen molar-refractivity contribution in [3.05, 3.63) is 29.3 Å². The number of amidine groups is 1. The normalized spacial score (nSPS) is 24.0. The Labute approximate surface area is 191 Å². The van der Waals surface area contributed by atoms with Crippen molar-refractivity contribution in [2.24, 2.45) is 15.9 Å². The summed E-state index contributed by atoms with van der Waals surface area (Å²) in [6.45, 7) is 12.8. The van der Waals surface area contributed by atoms with E-state index in [2.05, 4.69) is 44.0 Å². The zero-order valence-corrected chi connectivity index (χ0v) is 20.2. The summed E-state index contributed by atoms with van der Waals surface area (Å²) in [5, 5.41) is 0. The number of piperidine rings is 1. The Bertz CT molecular complexity index is 930. The Morgan fingerprint density at radius 3 is 2.66 bits per heavy atom. The standard InChI is InChI=1S/C25H36N4O3/c1-16-7-8-18(12-22(16)28(6)20-14-31-15-20)21-13-26-23(27-21)19-9-10-29(17(2)11-19)24(30)32-25(3,4)5/h7-8,12,17,19-20H,9-11,13-15H2,1-6H3. The molecule has 0 radical (unpaired) electrons. The van der Waals surface area contributed by atoms with E-state index in [4.69, 9.17) is 19.5 Å². The molecule has 4 rings (SSSR count). The number of amides is 1. The number of hydrogen-bond acceptors (Lipinski definition) is 6. The summed E-state index contributed by atoms with van der Waals surface area (Å²) in [6.07, 6.45) is 1.50. The maximum atomic E-state index is 12.5. The van der Waals surface area contributed by atoms with Crippen molar-refractivity contribution in [1.82, 2.24) is 4.90 Å². The average Bonchev–Trinajstić information content (AvgIpc) is 3.15. The third-order valence-electron chi connectivity index (χ3n) is 6.60. The van der Waals surface area contributed by atoms with Crippen LogP contribution in [0.3, 0.4) is 0 Å². The first kappa shape index (κ1) is 22.8. The minimum absolute atomic E-state index is 0.106. The molecule has 0 N–H and O–H groups in total. The summed E-state index contributed by atoms with van der Waals surface area (Å²) < 4.78 is 10.9. The van der Waals surface area contributed by atoms with Crippen LogP contribution in [0.2, 0.25) is 0 Å². The molecule has 1 amide bonds. The first-order valence-corrected chi connectivity index (χ1v) is 11.7. The van der Waals surface area contributed by atoms with Gasteiger partial charge in [0.2, 0.25) is 0 Å². The highest BCUT2D eigenvalue weighted by Gasteiger charge is 2.34. The molecule has 32 heavy (non-hydrogen) atoms. The molecule has 0 aromatic heterocycles. The average molecular weight is 441 g/mol. The second-order valence-electron chi connectivity index (χ2n) is 10.3. The molecule has 2 unspecified atom stereocenters. The predicted octanol–water partition coefficient (Wildman–Crippen LogP) is 4.07. The predicted molar refractivity (Wildman–Crippen MR) is 128 cm³/mol. The number of anilines is 1. The number of carbonyl (C=O) groups excluding carboxylic acids is 1. The van der Waals surface area contributed by atoms with Crippen LogP contribution in [0.5, 0.6) is 0 Å². The van der Waals surface area contributed by atoms with E-state index < -0.39 is 5.60 Å². The van der Waals surface area contributed by atoms with E-state index in [0.717, 1.165) is 43.2 Å². The number of likely N-dealkylation sites (tertiary alicyclic amines) is 1. The highest BCUT2D eigenvalue weighted by atomic mass is 16.6. The van der Waals surface area contributed by atoms with E-state index in [9.17, 15) is 4.79 Å². The Morgan fingerprint density at radius 1 is 1.28 bits per heavy atom. The number of carbonyl (C=O) groups is 1. The summed E-state index contributed by atoms with van der Waals surface area (Å²) in [6, 6.07) is 7.10. The zero-order chi connectivity index (χ0) is 23.0. The van der Waals surface area contributed by atoms with E-state index in [0.29, 0.717) is 19.1 Å². The largest absolute Gasteiger partial charge is 0.444 e. The van der Waals surface area contributed by atoms with Gasteiger partial charge in [0, 0.05) is 36.8 Å². The van der Waals surface area contributed by atoms with Crippen molar-refractivity contribution < 1.29 is 14.3 Å². The Kier molecular flexibility index (Phi) is 6.30. The first-order chi connectivity index (χ1) is 15.1. The number of ether oxygens (including phenoxy) is 2. The fourth-order valence-electron chi connectivity index (χ4n) is 4.55. The second kappa shape index (κ2) is 8.85. The van der Waals surface area contributed by atoms with Crippen molar-refractivity contribution in [2.45, 2.75) is 65.1 Å². The lowest BCUT2D eigenvalue weighted by Crippen LogP contribution is -2.47. The van der Waals surface area contributed by atoms with E-state index in [1.165, 1.54) is 11.3 Å². The van der Waals surface area contributed by atoms with E-state index >= 15 is 0 Å². The van der Waals surface area contributed by atoms with Crippen LogP contribution >= 0.6 is 0 Å². The maximum Gasteiger partial charge on any atom is 0.410 e. The topological polar surface area (TPSA) is 66.7 Å². The molecule has 0 bridgehead atoms. The van der Waals surface area contributed by atoms with Crippen LogP contribution in [0, 0.1) is 12.8 Å². The van der Waals surface area contributed by atoms with Gasteiger partial charge in [0.1, 0.15) is 11.4 Å². The molecule has 0 aliphatic carbocycles. The van der Waals surface area contributed by atoms with Crippen LogP contribution in [-0.4, -0.2) is 73.6 Å². The molecule has 174 valence electrons. The number of likely N-dealkylation sites (N-methyl/N-ethyl adjacent to an activating group) is 1. The van der Waals surface area contributed by atoms with Gasteiger partial charge in [-0.1, -0.05) is 12.1 Å². The van der Waals surface area contributed by atoms with Crippen molar-refractivity contribution in [1.29, 1.82) is 0 Å². The van der Waals surface area contributed by atoms with Crippen LogP contribution in [-0.2, 0) is 9.47 Å². The lowest BCUT2D eigenvalue weighted by atomic mass is 9.91. The van der Waals surface area contributed by atoms with Gasteiger partial charge in [-0.05, 0) is 59.1 Å². The molecule has 2 atom stereocenters. The van der Waals surface area contributed by atoms with Gasteiger partial charge in [0.05, 0.1) is 31.5 Å². The van der Waals surface area contributed by atoms with E-state index in [1.807, 2.05) is 25.7 Å². The molecule has 2 saturated heterocycles. The van der Waals surface area contributed by atoms with Crippen molar-refractivity contribution in [3.63, 3.8) is 0 Å². The molecule has 3 aliphatic heterocycles. The molecule has 2 fully saturated rings. The number of benzene rings is 1. The second-order valence-corrected chi connectivity index (χ2v) is 10.3. The summed E-state index contributed by atoms with van der Waals surface area (Å²) in [4.78, 5) is 26.4. The number of aryl methyl sites for hydroxylation is 1. The lowest BCUT2D eigenvalue weighted by Gasteiger charge is -2.37. The molecule has 0 saturated carbocycles. The first-order valence-electron chi connectivity index (χ1n) is 11.7. The smallest absolute Gasteiger partial charge is 0.410 e. The van der Waals surface area contributed by atoms with Gasteiger partial charge in [-0.2, -0.15) is 0 Å². The van der Waals surface area contributed by atoms with Crippen LogP contribution in [0.25, 0.3) is 0 Å². The van der Waals surface area contributed by atoms with Gasteiger partial charge < -0.3 is 19.3 Å². The summed E-state index contributed by atoms with van der Waals surface area (Å²) in [5.74, 6) is 1.21. The van der Waals surface area contributed by atoms with Crippen molar-refractivity contribution in [3.8, 4) is 0 Å². The number of nitrogens with zero attached hydrogens (tertiary/aromatic N) is 4. The van der Waals surface area contributed by atoms with Crippen molar-refractivity contribution in [2.75, 3.05) is 38.3 Å². The van der Waals surface area contributed by atoms with Crippen molar-refractivity contribution >= 4 is 23.3 Å². The lowest BCUT2D eigenvalue weighted by molar-refractivity contribution is 0.00971. The van der Waals surface area contributed by atoms with Gasteiger partial charge in [0.25, 0.3) is 0 Å². The molecular formula is C25H36N4O3. The third-order valence-corrected chi connectivity index (χ3v) is 6.60. The van der Waals surface area contributed by atoms with Crippen LogP contribution in [0.15, 0.2) is 28.2 Å². The minimum atomic E-state index is -0.477. The molecule has 3 heterocycles. The molecular weight excluding hydrogens is 404 g/mol. The summed E-state index contributed by atoms with van der Waals surface area (Å²) in [7, 11) is 2.14. The Hall–Kier alpha value is -2.41. The molecule has 7 heteroatoms. The van der Waals surface area contributed by atoms with E-state index in [1.54, 1.807) is 0 Å². The number of rotatable bonds is 4. The molecule has 1 aromatic rings. The molecule has 3 aliphatic rings. The SMILES string of the molecule is Cc1ccc(C2=NC(C3CCN(C(=O)OC(C)(C)C)C(C)C3)=NC2)cc1N(C)C1COC1. The summed E-state index contributed by atoms with van der Waals surface area (Å²) in [5.41, 5.74) is 4.17. The maximum absolute atomic E-state index is 12.5. The van der Waals surface area contributed by atoms with Gasteiger partial charge in [-0.15, -0.1) is 0 Å². The highest BCUT2D eigenvalue weighted by Crippen LogP contribution is 2.29. The van der Waals surface area contributed by atoms with Gasteiger partial charge in [-0.3, -0.25) is 4.99 Å². The summed E-state index contributed by atoms with van der Waals surface area (Å²) >= 11 is 0. The quantitative estimate of drug-likeness (QED) is 0.708. The van der Waals surface area contributed by atoms with Gasteiger partial charge >= 0.3 is 6.09 Å². The zero-order valence-electron chi connectivity index (χ0n) is 20.2. The third kappa shape index (κ3) is 4.82. The molecule has 7 nitrogen and oxygen atoms in total. The Morgan fingerprint density at radius 2 is 2.03 bits per heavy atom. The fraction of sp³-hybridized carbons (Fsp3) is 0.640. The monoisotopic (exact) mass is 440 g/mol. The molecule has 0 spiro atoms.